The summed E-state index contributed by atoms with van der Waals surface area (Å²) in [5.41, 5.74) is 0.216. The van der Waals surface area contributed by atoms with Crippen LogP contribution in [0.4, 0.5) is 5.69 Å². The zero-order chi connectivity index (χ0) is 15.6. The van der Waals surface area contributed by atoms with Crippen LogP contribution in [0.5, 0.6) is 0 Å². The second-order valence-corrected chi connectivity index (χ2v) is 5.82. The Morgan fingerprint density at radius 1 is 1.38 bits per heavy atom. The number of nitrogens with zero attached hydrogens (tertiary/aromatic N) is 3. The van der Waals surface area contributed by atoms with E-state index < -0.39 is 4.92 Å². The molecule has 2 rings (SSSR count). The molecule has 1 fully saturated rings. The predicted octanol–water partition coefficient (Wildman–Crippen LogP) is 2.41. The van der Waals surface area contributed by atoms with Crippen molar-refractivity contribution in [3.63, 3.8) is 0 Å². The van der Waals surface area contributed by atoms with Crippen LogP contribution in [0.25, 0.3) is 0 Å². The van der Waals surface area contributed by atoms with E-state index >= 15 is 0 Å². The van der Waals surface area contributed by atoms with E-state index in [1.807, 2.05) is 14.1 Å². The number of benzene rings is 1. The Morgan fingerprint density at radius 3 is 2.48 bits per heavy atom. The SMILES string of the molecule is CN(C)C1CCN(C(=O)c2ccc([N+](=O)[O-])c(Cl)c2)CC1. The monoisotopic (exact) mass is 311 g/mol. The Bertz CT molecular complexity index is 554. The number of rotatable bonds is 3. The third kappa shape index (κ3) is 3.51. The largest absolute Gasteiger partial charge is 0.339 e. The van der Waals surface area contributed by atoms with Gasteiger partial charge in [-0.2, -0.15) is 0 Å². The van der Waals surface area contributed by atoms with Gasteiger partial charge in [-0.1, -0.05) is 11.6 Å². The molecule has 0 aliphatic carbocycles. The topological polar surface area (TPSA) is 66.7 Å². The molecule has 114 valence electrons. The number of hydrogen-bond acceptors (Lipinski definition) is 4. The van der Waals surface area contributed by atoms with Crippen LogP contribution in [0.2, 0.25) is 5.02 Å². The molecular formula is C14H18ClN3O3. The van der Waals surface area contributed by atoms with Crippen LogP contribution in [0, 0.1) is 10.1 Å². The first-order valence-electron chi connectivity index (χ1n) is 6.80. The lowest BCUT2D eigenvalue weighted by molar-refractivity contribution is -0.384. The lowest BCUT2D eigenvalue weighted by Gasteiger charge is -2.35. The summed E-state index contributed by atoms with van der Waals surface area (Å²) in [5, 5.41) is 10.7. The molecule has 0 aromatic heterocycles. The van der Waals surface area contributed by atoms with Crippen LogP contribution in [0.3, 0.4) is 0 Å². The van der Waals surface area contributed by atoms with Crippen LogP contribution in [0.15, 0.2) is 18.2 Å². The lowest BCUT2D eigenvalue weighted by atomic mass is 10.0. The van der Waals surface area contributed by atoms with Gasteiger partial charge in [-0.3, -0.25) is 14.9 Å². The lowest BCUT2D eigenvalue weighted by Crippen LogP contribution is -2.44. The average molecular weight is 312 g/mol. The molecular weight excluding hydrogens is 294 g/mol. The fourth-order valence-corrected chi connectivity index (χ4v) is 2.81. The summed E-state index contributed by atoms with van der Waals surface area (Å²) in [6, 6.07) is 4.61. The molecule has 0 unspecified atom stereocenters. The summed E-state index contributed by atoms with van der Waals surface area (Å²) in [6.07, 6.45) is 1.86. The van der Waals surface area contributed by atoms with Crippen LogP contribution in [-0.4, -0.2) is 53.9 Å². The van der Waals surface area contributed by atoms with E-state index in [0.29, 0.717) is 24.7 Å². The molecule has 0 spiro atoms. The number of carbonyl (C=O) groups is 1. The normalized spacial score (nSPS) is 16.3. The molecule has 0 atom stereocenters. The summed E-state index contributed by atoms with van der Waals surface area (Å²) < 4.78 is 0. The van der Waals surface area contributed by atoms with Crippen molar-refractivity contribution >= 4 is 23.2 Å². The Morgan fingerprint density at radius 2 is 2.00 bits per heavy atom. The van der Waals surface area contributed by atoms with E-state index in [4.69, 9.17) is 11.6 Å². The van der Waals surface area contributed by atoms with Gasteiger partial charge in [-0.25, -0.2) is 0 Å². The molecule has 21 heavy (non-hydrogen) atoms. The van der Waals surface area contributed by atoms with Gasteiger partial charge in [0.2, 0.25) is 0 Å². The van der Waals surface area contributed by atoms with Crippen molar-refractivity contribution in [3.05, 3.63) is 38.9 Å². The van der Waals surface area contributed by atoms with Crippen molar-refractivity contribution < 1.29 is 9.72 Å². The third-order valence-corrected chi connectivity index (χ3v) is 4.18. The maximum absolute atomic E-state index is 12.4. The first-order chi connectivity index (χ1) is 9.90. The van der Waals surface area contributed by atoms with Gasteiger partial charge in [0.25, 0.3) is 11.6 Å². The summed E-state index contributed by atoms with van der Waals surface area (Å²) in [6.45, 7) is 1.38. The standard InChI is InChI=1S/C14H18ClN3O3/c1-16(2)11-5-7-17(8-6-11)14(19)10-3-4-13(18(20)21)12(15)9-10/h3-4,9,11H,5-8H2,1-2H3. The van der Waals surface area contributed by atoms with Gasteiger partial charge in [0.1, 0.15) is 5.02 Å². The van der Waals surface area contributed by atoms with E-state index in [2.05, 4.69) is 4.90 Å². The van der Waals surface area contributed by atoms with Gasteiger partial charge in [-0.15, -0.1) is 0 Å². The smallest absolute Gasteiger partial charge is 0.287 e. The van der Waals surface area contributed by atoms with Crippen LogP contribution in [-0.2, 0) is 0 Å². The second-order valence-electron chi connectivity index (χ2n) is 5.41. The number of carbonyl (C=O) groups excluding carboxylic acids is 1. The van der Waals surface area contributed by atoms with Gasteiger partial charge >= 0.3 is 0 Å². The van der Waals surface area contributed by atoms with Crippen molar-refractivity contribution in [2.75, 3.05) is 27.2 Å². The number of nitro groups is 1. The fourth-order valence-electron chi connectivity index (χ4n) is 2.56. The highest BCUT2D eigenvalue weighted by molar-refractivity contribution is 6.33. The molecule has 6 nitrogen and oxygen atoms in total. The van der Waals surface area contributed by atoms with E-state index in [-0.39, 0.29) is 16.6 Å². The van der Waals surface area contributed by atoms with Gasteiger partial charge in [0, 0.05) is 30.8 Å². The molecule has 1 aromatic carbocycles. The van der Waals surface area contributed by atoms with Crippen LogP contribution < -0.4 is 0 Å². The van der Waals surface area contributed by atoms with Crippen molar-refractivity contribution in [3.8, 4) is 0 Å². The van der Waals surface area contributed by atoms with Crippen molar-refractivity contribution in [1.29, 1.82) is 0 Å². The maximum atomic E-state index is 12.4. The van der Waals surface area contributed by atoms with Gasteiger partial charge in [-0.05, 0) is 39.1 Å². The highest BCUT2D eigenvalue weighted by Gasteiger charge is 2.25. The molecule has 0 saturated carbocycles. The molecule has 1 aromatic rings. The number of hydrogen-bond donors (Lipinski definition) is 0. The molecule has 0 N–H and O–H groups in total. The van der Waals surface area contributed by atoms with Crippen LogP contribution in [0.1, 0.15) is 23.2 Å². The zero-order valence-electron chi connectivity index (χ0n) is 12.1. The fraction of sp³-hybridized carbons (Fsp3) is 0.500. The van der Waals surface area contributed by atoms with Gasteiger partial charge < -0.3 is 9.80 Å². The Labute approximate surface area is 128 Å². The van der Waals surface area contributed by atoms with Gasteiger partial charge in [0.15, 0.2) is 0 Å². The van der Waals surface area contributed by atoms with E-state index in [1.54, 1.807) is 4.90 Å². The first kappa shape index (κ1) is 15.7. The maximum Gasteiger partial charge on any atom is 0.287 e. The van der Waals surface area contributed by atoms with Gasteiger partial charge in [0.05, 0.1) is 4.92 Å². The molecule has 7 heteroatoms. The van der Waals surface area contributed by atoms with E-state index in [9.17, 15) is 14.9 Å². The van der Waals surface area contributed by atoms with E-state index in [0.717, 1.165) is 12.8 Å². The number of piperidine rings is 1. The quantitative estimate of drug-likeness (QED) is 0.635. The number of halogens is 1. The minimum absolute atomic E-state index is 0.00553. The van der Waals surface area contributed by atoms with Crippen molar-refractivity contribution in [2.24, 2.45) is 0 Å². The average Bonchev–Trinajstić information content (AvgIpc) is 2.46. The Kier molecular flexibility index (Phi) is 4.80. The number of amides is 1. The number of nitro benzene ring substituents is 1. The predicted molar refractivity (Wildman–Crippen MR) is 80.7 cm³/mol. The highest BCUT2D eigenvalue weighted by atomic mass is 35.5. The molecule has 1 amide bonds. The summed E-state index contributed by atoms with van der Waals surface area (Å²) >= 11 is 5.85. The molecule has 1 heterocycles. The Hall–Kier alpha value is -1.66. The molecule has 1 aliphatic heterocycles. The highest BCUT2D eigenvalue weighted by Crippen LogP contribution is 2.26. The number of likely N-dealkylation sites (tertiary alicyclic amines) is 1. The first-order valence-corrected chi connectivity index (χ1v) is 7.17. The second kappa shape index (κ2) is 6.41. The minimum Gasteiger partial charge on any atom is -0.339 e. The van der Waals surface area contributed by atoms with Crippen LogP contribution >= 0.6 is 11.6 Å². The summed E-state index contributed by atoms with van der Waals surface area (Å²) in [4.78, 5) is 26.5. The zero-order valence-corrected chi connectivity index (χ0v) is 12.8. The summed E-state index contributed by atoms with van der Waals surface area (Å²) in [5.74, 6) is -0.121. The molecule has 1 saturated heterocycles. The minimum atomic E-state index is -0.556. The van der Waals surface area contributed by atoms with Crippen molar-refractivity contribution in [1.82, 2.24) is 9.80 Å². The van der Waals surface area contributed by atoms with E-state index in [1.165, 1.54) is 18.2 Å². The molecule has 0 radical (unpaired) electrons. The summed E-state index contributed by atoms with van der Waals surface area (Å²) in [7, 11) is 4.08. The molecule has 1 aliphatic rings. The third-order valence-electron chi connectivity index (χ3n) is 3.87. The van der Waals surface area contributed by atoms with Crippen molar-refractivity contribution in [2.45, 2.75) is 18.9 Å². The Balaban J connectivity index is 2.08. The molecule has 0 bridgehead atoms.